The number of rotatable bonds is 7. The SMILES string of the molecule is CN=C(N)N(C)CCC[Si](OC)(OC)OC. The van der Waals surface area contributed by atoms with Crippen molar-refractivity contribution in [2.24, 2.45) is 10.7 Å². The van der Waals surface area contributed by atoms with Gasteiger partial charge in [-0.1, -0.05) is 0 Å². The predicted molar refractivity (Wildman–Crippen MR) is 66.4 cm³/mol. The Morgan fingerprint density at radius 3 is 2.12 bits per heavy atom. The number of nitrogens with zero attached hydrogens (tertiary/aromatic N) is 2. The van der Waals surface area contributed by atoms with Gasteiger partial charge < -0.3 is 23.9 Å². The van der Waals surface area contributed by atoms with Crippen molar-refractivity contribution >= 4 is 14.8 Å². The average molecular weight is 249 g/mol. The van der Waals surface area contributed by atoms with E-state index in [0.29, 0.717) is 5.96 Å². The molecule has 0 radical (unpaired) electrons. The molecular weight excluding hydrogens is 226 g/mol. The van der Waals surface area contributed by atoms with E-state index < -0.39 is 8.80 Å². The number of hydrogen-bond acceptors (Lipinski definition) is 4. The lowest BCUT2D eigenvalue weighted by molar-refractivity contribution is 0.122. The quantitative estimate of drug-likeness (QED) is 0.394. The zero-order valence-electron chi connectivity index (χ0n) is 10.8. The minimum absolute atomic E-state index is 0.527. The van der Waals surface area contributed by atoms with E-state index in [4.69, 9.17) is 19.0 Å². The fourth-order valence-corrected chi connectivity index (χ4v) is 3.08. The molecule has 0 unspecified atom stereocenters. The first-order valence-corrected chi connectivity index (χ1v) is 7.07. The van der Waals surface area contributed by atoms with Crippen LogP contribution in [0.5, 0.6) is 0 Å². The van der Waals surface area contributed by atoms with Gasteiger partial charge in [-0.25, -0.2) is 0 Å². The van der Waals surface area contributed by atoms with E-state index in [2.05, 4.69) is 4.99 Å². The first-order valence-electron chi connectivity index (χ1n) is 5.14. The van der Waals surface area contributed by atoms with Crippen molar-refractivity contribution in [1.82, 2.24) is 4.90 Å². The molecule has 16 heavy (non-hydrogen) atoms. The van der Waals surface area contributed by atoms with E-state index >= 15 is 0 Å². The largest absolute Gasteiger partial charge is 0.500 e. The molecule has 0 aliphatic carbocycles. The Morgan fingerprint density at radius 1 is 1.25 bits per heavy atom. The Hall–Kier alpha value is -0.633. The molecule has 0 rings (SSSR count). The summed E-state index contributed by atoms with van der Waals surface area (Å²) in [5.41, 5.74) is 5.66. The van der Waals surface area contributed by atoms with Crippen molar-refractivity contribution in [1.29, 1.82) is 0 Å². The summed E-state index contributed by atoms with van der Waals surface area (Å²) >= 11 is 0. The van der Waals surface area contributed by atoms with Gasteiger partial charge in [0.1, 0.15) is 0 Å². The van der Waals surface area contributed by atoms with Crippen molar-refractivity contribution in [2.75, 3.05) is 42.0 Å². The molecule has 0 aromatic heterocycles. The van der Waals surface area contributed by atoms with Gasteiger partial charge in [0.05, 0.1) is 0 Å². The molecule has 0 saturated carbocycles. The van der Waals surface area contributed by atoms with Crippen LogP contribution in [-0.2, 0) is 13.3 Å². The van der Waals surface area contributed by atoms with E-state index in [-0.39, 0.29) is 0 Å². The van der Waals surface area contributed by atoms with Gasteiger partial charge >= 0.3 is 8.80 Å². The standard InChI is InChI=1S/C9H23N3O3Si/c1-11-9(10)12(2)7-6-8-16(13-3,14-4)15-5/h6-8H2,1-5H3,(H2,10,11). The maximum atomic E-state index is 5.66. The maximum absolute atomic E-state index is 5.66. The summed E-state index contributed by atoms with van der Waals surface area (Å²) in [6, 6.07) is 0.762. The molecule has 0 aromatic rings. The molecule has 2 N–H and O–H groups in total. The highest BCUT2D eigenvalue weighted by Gasteiger charge is 2.36. The topological polar surface area (TPSA) is 69.3 Å². The average Bonchev–Trinajstić information content (AvgIpc) is 2.34. The summed E-state index contributed by atoms with van der Waals surface area (Å²) < 4.78 is 16.0. The second-order valence-corrected chi connectivity index (χ2v) is 6.49. The van der Waals surface area contributed by atoms with Crippen LogP contribution in [0, 0.1) is 0 Å². The van der Waals surface area contributed by atoms with Gasteiger partial charge in [0.15, 0.2) is 5.96 Å². The maximum Gasteiger partial charge on any atom is 0.500 e. The lowest BCUT2D eigenvalue weighted by Crippen LogP contribution is -2.43. The summed E-state index contributed by atoms with van der Waals surface area (Å²) in [5.74, 6) is 0.527. The van der Waals surface area contributed by atoms with Crippen molar-refractivity contribution < 1.29 is 13.3 Å². The van der Waals surface area contributed by atoms with Crippen molar-refractivity contribution in [3.63, 3.8) is 0 Å². The number of hydrogen-bond donors (Lipinski definition) is 1. The first-order chi connectivity index (χ1) is 7.55. The van der Waals surface area contributed by atoms with E-state index in [1.807, 2.05) is 11.9 Å². The van der Waals surface area contributed by atoms with Crippen LogP contribution >= 0.6 is 0 Å². The van der Waals surface area contributed by atoms with E-state index in [1.54, 1.807) is 28.4 Å². The fraction of sp³-hybridized carbons (Fsp3) is 0.889. The second kappa shape index (κ2) is 7.61. The van der Waals surface area contributed by atoms with Gasteiger partial charge in [-0.2, -0.15) is 0 Å². The van der Waals surface area contributed by atoms with Gasteiger partial charge in [-0.05, 0) is 6.42 Å². The fourth-order valence-electron chi connectivity index (χ4n) is 1.37. The molecule has 0 spiro atoms. The Morgan fingerprint density at radius 2 is 1.75 bits per heavy atom. The van der Waals surface area contributed by atoms with Gasteiger partial charge in [0.25, 0.3) is 0 Å². The van der Waals surface area contributed by atoms with E-state index in [1.165, 1.54) is 0 Å². The highest BCUT2D eigenvalue weighted by molar-refractivity contribution is 6.60. The minimum Gasteiger partial charge on any atom is -0.377 e. The molecule has 0 aliphatic heterocycles. The van der Waals surface area contributed by atoms with Crippen LogP contribution in [-0.4, -0.2) is 61.6 Å². The summed E-state index contributed by atoms with van der Waals surface area (Å²) in [6.07, 6.45) is 0.883. The van der Waals surface area contributed by atoms with Crippen LogP contribution in [0.4, 0.5) is 0 Å². The normalized spacial score (nSPS) is 12.9. The van der Waals surface area contributed by atoms with Crippen LogP contribution in [0.1, 0.15) is 6.42 Å². The summed E-state index contributed by atoms with van der Waals surface area (Å²) in [6.45, 7) is 0.800. The zero-order chi connectivity index (χ0) is 12.6. The third kappa shape index (κ3) is 4.48. The Labute approximate surface area is 98.7 Å². The monoisotopic (exact) mass is 249 g/mol. The van der Waals surface area contributed by atoms with Crippen LogP contribution in [0.15, 0.2) is 4.99 Å². The Balaban J connectivity index is 4.05. The van der Waals surface area contributed by atoms with E-state index in [9.17, 15) is 0 Å². The molecule has 0 amide bonds. The molecular formula is C9H23N3O3Si. The van der Waals surface area contributed by atoms with Crippen LogP contribution in [0.3, 0.4) is 0 Å². The van der Waals surface area contributed by atoms with Gasteiger partial charge in [0, 0.05) is 48.0 Å². The molecule has 96 valence electrons. The number of aliphatic imine (C=N–C) groups is 1. The number of nitrogens with two attached hydrogens (primary N) is 1. The predicted octanol–water partition coefficient (Wildman–Crippen LogP) is 0.131. The lowest BCUT2D eigenvalue weighted by atomic mass is 10.4. The number of guanidine groups is 1. The molecule has 0 aliphatic rings. The van der Waals surface area contributed by atoms with Gasteiger partial charge in [-0.15, -0.1) is 0 Å². The first kappa shape index (κ1) is 15.4. The molecule has 0 heterocycles. The molecule has 0 saturated heterocycles. The van der Waals surface area contributed by atoms with Crippen LogP contribution < -0.4 is 5.73 Å². The zero-order valence-corrected chi connectivity index (χ0v) is 11.8. The molecule has 7 heteroatoms. The van der Waals surface area contributed by atoms with Gasteiger partial charge in [-0.3, -0.25) is 4.99 Å². The van der Waals surface area contributed by atoms with Crippen molar-refractivity contribution in [3.8, 4) is 0 Å². The Kier molecular flexibility index (Phi) is 7.31. The molecule has 0 bridgehead atoms. The minimum atomic E-state index is -2.44. The highest BCUT2D eigenvalue weighted by atomic mass is 28.4. The molecule has 6 nitrogen and oxygen atoms in total. The lowest BCUT2D eigenvalue weighted by Gasteiger charge is -2.25. The second-order valence-electron chi connectivity index (χ2n) is 3.40. The highest BCUT2D eigenvalue weighted by Crippen LogP contribution is 2.14. The third-order valence-electron chi connectivity index (χ3n) is 2.53. The van der Waals surface area contributed by atoms with Crippen LogP contribution in [0.25, 0.3) is 0 Å². The summed E-state index contributed by atoms with van der Waals surface area (Å²) in [5, 5.41) is 0. The summed E-state index contributed by atoms with van der Waals surface area (Å²) in [4.78, 5) is 5.79. The van der Waals surface area contributed by atoms with Crippen molar-refractivity contribution in [2.45, 2.75) is 12.5 Å². The van der Waals surface area contributed by atoms with Gasteiger partial charge in [0.2, 0.25) is 0 Å². The van der Waals surface area contributed by atoms with Crippen molar-refractivity contribution in [3.05, 3.63) is 0 Å². The summed E-state index contributed by atoms with van der Waals surface area (Å²) in [7, 11) is 5.98. The Bertz CT molecular complexity index is 214. The molecule has 0 atom stereocenters. The smallest absolute Gasteiger partial charge is 0.377 e. The molecule has 0 fully saturated rings. The molecule has 0 aromatic carbocycles. The van der Waals surface area contributed by atoms with E-state index in [0.717, 1.165) is 19.0 Å². The van der Waals surface area contributed by atoms with Crippen LogP contribution in [0.2, 0.25) is 6.04 Å². The third-order valence-corrected chi connectivity index (χ3v) is 5.36.